The maximum Gasteiger partial charge on any atom is 0.271 e. The number of imidazole rings is 1. The molecule has 0 aliphatic heterocycles. The molecule has 0 unspecified atom stereocenters. The summed E-state index contributed by atoms with van der Waals surface area (Å²) in [4.78, 5) is 20.3. The number of nitrogens with one attached hydrogen (secondary N) is 2. The molecule has 0 saturated carbocycles. The Morgan fingerprint density at radius 1 is 1.14 bits per heavy atom. The normalized spacial score (nSPS) is 11.1. The molecule has 3 aromatic carbocycles. The van der Waals surface area contributed by atoms with E-state index in [1.807, 2.05) is 54.6 Å². The highest BCUT2D eigenvalue weighted by Crippen LogP contribution is 2.22. The lowest BCUT2D eigenvalue weighted by Gasteiger charge is -2.04. The van der Waals surface area contributed by atoms with E-state index >= 15 is 0 Å². The number of halogens is 1. The number of carbonyl (C=O) groups excluding carboxylic acids is 1. The number of methoxy groups -OCH3 is 1. The van der Waals surface area contributed by atoms with E-state index < -0.39 is 0 Å². The number of amides is 1. The number of hydrogen-bond acceptors (Lipinski definition) is 4. The van der Waals surface area contributed by atoms with Crippen LogP contribution in [0, 0.1) is 0 Å². The van der Waals surface area contributed by atoms with Crippen molar-refractivity contribution in [2.75, 3.05) is 7.11 Å². The number of fused-ring (bicyclic) bond motifs is 1. The highest BCUT2D eigenvalue weighted by Gasteiger charge is 2.10. The number of benzene rings is 3. The Bertz CT molecular complexity index is 1200. The van der Waals surface area contributed by atoms with Gasteiger partial charge in [-0.25, -0.2) is 10.4 Å². The second kappa shape index (κ2) is 8.28. The van der Waals surface area contributed by atoms with Crippen molar-refractivity contribution in [1.29, 1.82) is 0 Å². The minimum absolute atomic E-state index is 0.312. The van der Waals surface area contributed by atoms with Crippen molar-refractivity contribution >= 4 is 39.1 Å². The van der Waals surface area contributed by atoms with Crippen LogP contribution in [0.5, 0.6) is 5.75 Å². The van der Waals surface area contributed by atoms with Crippen LogP contribution in [0.25, 0.3) is 22.4 Å². The smallest absolute Gasteiger partial charge is 0.271 e. The fourth-order valence-corrected chi connectivity index (χ4v) is 3.29. The predicted molar refractivity (Wildman–Crippen MR) is 117 cm³/mol. The van der Waals surface area contributed by atoms with E-state index in [4.69, 9.17) is 4.74 Å². The second-order valence-electron chi connectivity index (χ2n) is 6.27. The molecule has 4 rings (SSSR count). The van der Waals surface area contributed by atoms with E-state index in [0.717, 1.165) is 32.5 Å². The summed E-state index contributed by atoms with van der Waals surface area (Å²) in [5.41, 5.74) is 6.35. The molecule has 7 heteroatoms. The van der Waals surface area contributed by atoms with Gasteiger partial charge in [-0.05, 0) is 36.4 Å². The molecule has 0 spiro atoms. The standard InChI is InChI=1S/C22H17BrN4O2/c1-29-20-10-8-17(23)11-16(20)13-24-27-22(28)15-7-9-18-19(12-15)26-21(25-18)14-5-3-2-4-6-14/h2-13H,1H3,(H,25,26)(H,27,28)/b24-13+. The first kappa shape index (κ1) is 18.9. The number of aromatic nitrogens is 2. The number of ether oxygens (including phenoxy) is 1. The van der Waals surface area contributed by atoms with Crippen molar-refractivity contribution in [3.05, 3.63) is 82.3 Å². The third-order valence-electron chi connectivity index (χ3n) is 4.35. The minimum Gasteiger partial charge on any atom is -0.496 e. The van der Waals surface area contributed by atoms with Crippen LogP contribution >= 0.6 is 15.9 Å². The van der Waals surface area contributed by atoms with Gasteiger partial charge >= 0.3 is 0 Å². The number of rotatable bonds is 5. The molecule has 144 valence electrons. The molecule has 1 amide bonds. The molecule has 0 fully saturated rings. The van der Waals surface area contributed by atoms with Crippen LogP contribution in [0.3, 0.4) is 0 Å². The lowest BCUT2D eigenvalue weighted by Crippen LogP contribution is -2.17. The molecule has 0 bridgehead atoms. The Morgan fingerprint density at radius 2 is 1.97 bits per heavy atom. The van der Waals surface area contributed by atoms with Crippen LogP contribution in [0.15, 0.2) is 76.3 Å². The Balaban J connectivity index is 1.52. The average Bonchev–Trinajstić information content (AvgIpc) is 3.18. The van der Waals surface area contributed by atoms with Crippen LogP contribution < -0.4 is 10.2 Å². The number of nitrogens with zero attached hydrogens (tertiary/aromatic N) is 2. The molecule has 0 radical (unpaired) electrons. The molecule has 0 aliphatic rings. The number of carbonyl (C=O) groups is 1. The summed E-state index contributed by atoms with van der Waals surface area (Å²) in [6.07, 6.45) is 1.55. The van der Waals surface area contributed by atoms with E-state index in [-0.39, 0.29) is 5.91 Å². The van der Waals surface area contributed by atoms with Gasteiger partial charge in [0.25, 0.3) is 5.91 Å². The van der Waals surface area contributed by atoms with Crippen LogP contribution in [-0.2, 0) is 0 Å². The van der Waals surface area contributed by atoms with Crippen molar-refractivity contribution in [2.45, 2.75) is 0 Å². The topological polar surface area (TPSA) is 79.4 Å². The zero-order valence-electron chi connectivity index (χ0n) is 15.5. The Morgan fingerprint density at radius 3 is 2.76 bits per heavy atom. The third-order valence-corrected chi connectivity index (χ3v) is 4.85. The van der Waals surface area contributed by atoms with E-state index in [9.17, 15) is 4.79 Å². The zero-order valence-corrected chi connectivity index (χ0v) is 17.1. The van der Waals surface area contributed by atoms with E-state index in [2.05, 4.69) is 36.4 Å². The highest BCUT2D eigenvalue weighted by atomic mass is 79.9. The first-order chi connectivity index (χ1) is 14.1. The maximum atomic E-state index is 12.5. The molecule has 29 heavy (non-hydrogen) atoms. The molecule has 6 nitrogen and oxygen atoms in total. The third kappa shape index (κ3) is 4.20. The molecule has 0 aliphatic carbocycles. The summed E-state index contributed by atoms with van der Waals surface area (Å²) in [7, 11) is 1.59. The quantitative estimate of drug-likeness (QED) is 0.341. The predicted octanol–water partition coefficient (Wildman–Crippen LogP) is 4.76. The van der Waals surface area contributed by atoms with Gasteiger partial charge in [0.1, 0.15) is 11.6 Å². The first-order valence-electron chi connectivity index (χ1n) is 8.86. The molecule has 4 aromatic rings. The monoisotopic (exact) mass is 448 g/mol. The first-order valence-corrected chi connectivity index (χ1v) is 9.65. The van der Waals surface area contributed by atoms with Crippen molar-refractivity contribution in [1.82, 2.24) is 15.4 Å². The second-order valence-corrected chi connectivity index (χ2v) is 7.18. The van der Waals surface area contributed by atoms with Gasteiger partial charge in [0.2, 0.25) is 0 Å². The number of H-pyrrole nitrogens is 1. The molecular formula is C22H17BrN4O2. The Hall–Kier alpha value is -3.45. The van der Waals surface area contributed by atoms with Crippen LogP contribution in [0.2, 0.25) is 0 Å². The minimum atomic E-state index is -0.312. The van der Waals surface area contributed by atoms with Crippen molar-refractivity contribution < 1.29 is 9.53 Å². The zero-order chi connectivity index (χ0) is 20.2. The summed E-state index contributed by atoms with van der Waals surface area (Å²) in [6.45, 7) is 0. The van der Waals surface area contributed by atoms with Crippen molar-refractivity contribution in [2.24, 2.45) is 5.10 Å². The van der Waals surface area contributed by atoms with Crippen molar-refractivity contribution in [3.8, 4) is 17.1 Å². The van der Waals surface area contributed by atoms with E-state index in [1.165, 1.54) is 0 Å². The lowest BCUT2D eigenvalue weighted by atomic mass is 10.2. The van der Waals surface area contributed by atoms with Gasteiger partial charge in [-0.2, -0.15) is 5.10 Å². The number of hydrazone groups is 1. The van der Waals surface area contributed by atoms with Gasteiger partial charge < -0.3 is 9.72 Å². The molecule has 0 saturated heterocycles. The fraction of sp³-hybridized carbons (Fsp3) is 0.0455. The summed E-state index contributed by atoms with van der Waals surface area (Å²) in [5.74, 6) is 1.12. The average molecular weight is 449 g/mol. The van der Waals surface area contributed by atoms with Crippen LogP contribution in [-0.4, -0.2) is 29.2 Å². The SMILES string of the molecule is COc1ccc(Br)cc1/C=N/NC(=O)c1ccc2nc(-c3ccccc3)[nH]c2c1. The van der Waals surface area contributed by atoms with Gasteiger partial charge in [-0.1, -0.05) is 46.3 Å². The molecule has 1 heterocycles. The molecule has 0 atom stereocenters. The summed E-state index contributed by atoms with van der Waals surface area (Å²) in [5, 5.41) is 4.05. The van der Waals surface area contributed by atoms with Crippen LogP contribution in [0.1, 0.15) is 15.9 Å². The largest absolute Gasteiger partial charge is 0.496 e. The Labute approximate surface area is 175 Å². The van der Waals surface area contributed by atoms with Gasteiger partial charge in [0.05, 0.1) is 24.4 Å². The summed E-state index contributed by atoms with van der Waals surface area (Å²) >= 11 is 3.41. The summed E-state index contributed by atoms with van der Waals surface area (Å²) in [6, 6.07) is 20.7. The van der Waals surface area contributed by atoms with Crippen molar-refractivity contribution in [3.63, 3.8) is 0 Å². The number of aromatic amines is 1. The maximum absolute atomic E-state index is 12.5. The van der Waals surface area contributed by atoms with Gasteiger partial charge in [-0.3, -0.25) is 4.79 Å². The van der Waals surface area contributed by atoms with Gasteiger partial charge in [0.15, 0.2) is 0 Å². The molecule has 2 N–H and O–H groups in total. The molecule has 1 aromatic heterocycles. The highest BCUT2D eigenvalue weighted by molar-refractivity contribution is 9.10. The van der Waals surface area contributed by atoms with Gasteiger partial charge in [0, 0.05) is 21.2 Å². The lowest BCUT2D eigenvalue weighted by molar-refractivity contribution is 0.0955. The fourth-order valence-electron chi connectivity index (χ4n) is 2.91. The summed E-state index contributed by atoms with van der Waals surface area (Å²) < 4.78 is 6.19. The van der Waals surface area contributed by atoms with Gasteiger partial charge in [-0.15, -0.1) is 0 Å². The van der Waals surface area contributed by atoms with Crippen LogP contribution in [0.4, 0.5) is 0 Å². The number of hydrogen-bond donors (Lipinski definition) is 2. The van der Waals surface area contributed by atoms with E-state index in [1.54, 1.807) is 25.5 Å². The molecular weight excluding hydrogens is 432 g/mol. The Kier molecular flexibility index (Phi) is 5.39. The van der Waals surface area contributed by atoms with E-state index in [0.29, 0.717) is 11.3 Å².